The van der Waals surface area contributed by atoms with Crippen LogP contribution in [0.3, 0.4) is 0 Å². The Hall–Kier alpha value is -2.73. The minimum atomic E-state index is -0.839. The zero-order valence-corrected chi connectivity index (χ0v) is 24.5. The van der Waals surface area contributed by atoms with E-state index in [4.69, 9.17) is 39.5 Å². The number of halogens is 3. The van der Waals surface area contributed by atoms with Gasteiger partial charge in [-0.2, -0.15) is 0 Å². The second kappa shape index (κ2) is 12.9. The average Bonchev–Trinajstić information content (AvgIpc) is 2.84. The molecule has 0 aliphatic rings. The molecule has 0 heterocycles. The second-order valence-electron chi connectivity index (χ2n) is 10.3. The molecule has 0 aromatic heterocycles. The number of nitrogens with one attached hydrogen (secondary N) is 1. The van der Waals surface area contributed by atoms with Crippen LogP contribution in [0.1, 0.15) is 43.0 Å². The molecule has 0 saturated carbocycles. The number of ether oxygens (including phenoxy) is 1. The Morgan fingerprint density at radius 1 is 0.921 bits per heavy atom. The molecule has 0 bridgehead atoms. The quantitative estimate of drug-likeness (QED) is 0.294. The van der Waals surface area contributed by atoms with E-state index in [0.29, 0.717) is 32.8 Å². The highest BCUT2D eigenvalue weighted by atomic mass is 35.5. The molecule has 38 heavy (non-hydrogen) atoms. The third-order valence-electron chi connectivity index (χ3n) is 5.93. The minimum absolute atomic E-state index is 0.0361. The number of carbonyl (C=O) groups excluding carboxylic acids is 2. The van der Waals surface area contributed by atoms with E-state index in [1.54, 1.807) is 30.3 Å². The third kappa shape index (κ3) is 8.13. The number of aryl methyl sites for hydroxylation is 2. The van der Waals surface area contributed by atoms with Gasteiger partial charge in [0.1, 0.15) is 11.8 Å². The minimum Gasteiger partial charge on any atom is -0.484 e. The summed E-state index contributed by atoms with van der Waals surface area (Å²) in [6.45, 7) is 9.21. The van der Waals surface area contributed by atoms with Gasteiger partial charge in [0.25, 0.3) is 5.91 Å². The van der Waals surface area contributed by atoms with Crippen LogP contribution < -0.4 is 10.1 Å². The molecule has 3 aromatic rings. The first-order valence-electron chi connectivity index (χ1n) is 12.3. The fraction of sp³-hybridized carbons (Fsp3) is 0.333. The van der Waals surface area contributed by atoms with Crippen LogP contribution in [0.25, 0.3) is 0 Å². The van der Waals surface area contributed by atoms with E-state index in [2.05, 4.69) is 5.32 Å². The number of hydrogen-bond donors (Lipinski definition) is 1. The van der Waals surface area contributed by atoms with Crippen LogP contribution in [0.5, 0.6) is 5.75 Å². The van der Waals surface area contributed by atoms with Gasteiger partial charge >= 0.3 is 0 Å². The summed E-state index contributed by atoms with van der Waals surface area (Å²) < 4.78 is 5.90. The van der Waals surface area contributed by atoms with Gasteiger partial charge in [0, 0.05) is 39.1 Å². The summed E-state index contributed by atoms with van der Waals surface area (Å²) in [7, 11) is 0. The van der Waals surface area contributed by atoms with E-state index in [1.807, 2.05) is 65.0 Å². The lowest BCUT2D eigenvalue weighted by molar-refractivity contribution is -0.143. The molecule has 2 amide bonds. The predicted octanol–water partition coefficient (Wildman–Crippen LogP) is 7.20. The maximum Gasteiger partial charge on any atom is 0.261 e. The van der Waals surface area contributed by atoms with Crippen molar-refractivity contribution in [2.24, 2.45) is 0 Å². The summed E-state index contributed by atoms with van der Waals surface area (Å²) in [6, 6.07) is 17.5. The molecule has 0 radical (unpaired) electrons. The van der Waals surface area contributed by atoms with Gasteiger partial charge in [-0.3, -0.25) is 9.59 Å². The molecule has 0 saturated heterocycles. The molecule has 0 aliphatic heterocycles. The highest BCUT2D eigenvalue weighted by Crippen LogP contribution is 2.28. The van der Waals surface area contributed by atoms with Gasteiger partial charge in [-0.1, -0.05) is 71.2 Å². The van der Waals surface area contributed by atoms with E-state index in [-0.39, 0.29) is 25.0 Å². The van der Waals surface area contributed by atoms with Crippen molar-refractivity contribution in [3.05, 3.63) is 98.0 Å². The molecule has 5 nitrogen and oxygen atoms in total. The number of amides is 2. The first-order chi connectivity index (χ1) is 17.9. The lowest BCUT2D eigenvalue weighted by atomic mass is 10.0. The Balaban J connectivity index is 1.99. The van der Waals surface area contributed by atoms with Crippen LogP contribution in [0.2, 0.25) is 15.1 Å². The summed E-state index contributed by atoms with van der Waals surface area (Å²) in [6.07, 6.45) is 0.301. The zero-order valence-electron chi connectivity index (χ0n) is 22.3. The van der Waals surface area contributed by atoms with Gasteiger partial charge in [-0.15, -0.1) is 0 Å². The molecular formula is C30H33Cl3N2O3. The number of hydrogen-bond acceptors (Lipinski definition) is 3. The van der Waals surface area contributed by atoms with E-state index in [1.165, 1.54) is 4.90 Å². The summed E-state index contributed by atoms with van der Waals surface area (Å²) in [5.41, 5.74) is 2.66. The van der Waals surface area contributed by atoms with Crippen molar-refractivity contribution in [1.82, 2.24) is 10.2 Å². The molecule has 0 spiro atoms. The highest BCUT2D eigenvalue weighted by Gasteiger charge is 2.33. The van der Waals surface area contributed by atoms with Crippen LogP contribution in [0.15, 0.2) is 60.7 Å². The normalized spacial score (nSPS) is 12.1. The molecule has 1 atom stereocenters. The van der Waals surface area contributed by atoms with Crippen LogP contribution in [0, 0.1) is 13.8 Å². The Kier molecular flexibility index (Phi) is 10.1. The van der Waals surface area contributed by atoms with Crippen molar-refractivity contribution in [1.29, 1.82) is 0 Å². The molecular weight excluding hydrogens is 543 g/mol. The van der Waals surface area contributed by atoms with Gasteiger partial charge < -0.3 is 15.0 Å². The molecule has 1 unspecified atom stereocenters. The zero-order chi connectivity index (χ0) is 28.0. The van der Waals surface area contributed by atoms with Crippen LogP contribution in [-0.2, 0) is 22.6 Å². The van der Waals surface area contributed by atoms with Crippen LogP contribution in [0.4, 0.5) is 0 Å². The fourth-order valence-electron chi connectivity index (χ4n) is 4.08. The van der Waals surface area contributed by atoms with E-state index >= 15 is 0 Å². The summed E-state index contributed by atoms with van der Waals surface area (Å²) in [4.78, 5) is 28.9. The van der Waals surface area contributed by atoms with E-state index in [0.717, 1.165) is 16.7 Å². The summed E-state index contributed by atoms with van der Waals surface area (Å²) in [5, 5.41) is 4.51. The summed E-state index contributed by atoms with van der Waals surface area (Å²) >= 11 is 19.3. The van der Waals surface area contributed by atoms with E-state index in [9.17, 15) is 9.59 Å². The number of carbonyl (C=O) groups is 2. The Bertz CT molecular complexity index is 1250. The lowest BCUT2D eigenvalue weighted by Crippen LogP contribution is -2.55. The van der Waals surface area contributed by atoms with Gasteiger partial charge in [-0.25, -0.2) is 0 Å². The van der Waals surface area contributed by atoms with Gasteiger partial charge in [0.05, 0.1) is 0 Å². The van der Waals surface area contributed by atoms with Crippen molar-refractivity contribution < 1.29 is 14.3 Å². The molecule has 8 heteroatoms. The summed E-state index contributed by atoms with van der Waals surface area (Å²) in [5.74, 6) is -0.139. The van der Waals surface area contributed by atoms with Gasteiger partial charge in [0.2, 0.25) is 5.91 Å². The van der Waals surface area contributed by atoms with Crippen molar-refractivity contribution in [2.45, 2.75) is 59.2 Å². The van der Waals surface area contributed by atoms with Gasteiger partial charge in [0.15, 0.2) is 6.61 Å². The fourth-order valence-corrected chi connectivity index (χ4v) is 4.70. The number of nitrogens with zero attached hydrogens (tertiary/aromatic N) is 1. The number of rotatable bonds is 9. The van der Waals surface area contributed by atoms with Crippen LogP contribution in [-0.4, -0.2) is 34.9 Å². The second-order valence-corrected chi connectivity index (χ2v) is 11.5. The molecule has 1 N–H and O–H groups in total. The van der Waals surface area contributed by atoms with Crippen molar-refractivity contribution in [3.63, 3.8) is 0 Å². The molecule has 3 rings (SSSR count). The largest absolute Gasteiger partial charge is 0.484 e. The molecule has 0 fully saturated rings. The Morgan fingerprint density at radius 2 is 1.50 bits per heavy atom. The van der Waals surface area contributed by atoms with Crippen molar-refractivity contribution >= 4 is 46.6 Å². The maximum atomic E-state index is 13.8. The lowest BCUT2D eigenvalue weighted by Gasteiger charge is -2.34. The topological polar surface area (TPSA) is 58.6 Å². The van der Waals surface area contributed by atoms with E-state index < -0.39 is 11.6 Å². The first-order valence-corrected chi connectivity index (χ1v) is 13.5. The smallest absolute Gasteiger partial charge is 0.261 e. The SMILES string of the molecule is Cc1cc(OCC(=O)N(Cc2c(Cl)cccc2Cl)C(Cc2ccccc2)C(=O)NC(C)(C)C)cc(C)c1Cl. The Morgan fingerprint density at radius 3 is 2.05 bits per heavy atom. The third-order valence-corrected chi connectivity index (χ3v) is 7.24. The standard InChI is InChI=1S/C30H33Cl3N2O3/c1-19-14-22(15-20(2)28(19)33)38-18-27(36)35(17-23-24(31)12-9-13-25(23)32)26(29(37)34-30(3,4)5)16-21-10-7-6-8-11-21/h6-15,26H,16-18H2,1-5H3,(H,34,37). The first kappa shape index (κ1) is 29.8. The molecule has 0 aliphatic carbocycles. The number of benzene rings is 3. The molecule has 3 aromatic carbocycles. The average molecular weight is 576 g/mol. The highest BCUT2D eigenvalue weighted by molar-refractivity contribution is 6.36. The molecule has 202 valence electrons. The predicted molar refractivity (Wildman–Crippen MR) is 155 cm³/mol. The van der Waals surface area contributed by atoms with Crippen LogP contribution >= 0.6 is 34.8 Å². The maximum absolute atomic E-state index is 13.8. The van der Waals surface area contributed by atoms with Gasteiger partial charge in [-0.05, 0) is 75.6 Å². The Labute approximate surface area is 240 Å². The van der Waals surface area contributed by atoms with Crippen molar-refractivity contribution in [3.8, 4) is 5.75 Å². The van der Waals surface area contributed by atoms with Crippen molar-refractivity contribution in [2.75, 3.05) is 6.61 Å². The monoisotopic (exact) mass is 574 g/mol.